The van der Waals surface area contributed by atoms with Gasteiger partial charge in [-0.1, -0.05) is 53.9 Å². The lowest BCUT2D eigenvalue weighted by Crippen LogP contribution is -2.47. The first-order chi connectivity index (χ1) is 14.5. The van der Waals surface area contributed by atoms with Crippen molar-refractivity contribution in [3.05, 3.63) is 64.7 Å². The molecule has 4 nitrogen and oxygen atoms in total. The first-order valence-corrected chi connectivity index (χ1v) is 11.3. The minimum atomic E-state index is -0.346. The predicted octanol–water partition coefficient (Wildman–Crippen LogP) is 5.35. The smallest absolute Gasteiger partial charge is 0.127 e. The average molecular weight is 465 g/mol. The van der Waals surface area contributed by atoms with Gasteiger partial charge in [0.1, 0.15) is 24.1 Å². The lowest BCUT2D eigenvalue weighted by Gasteiger charge is -2.34. The SMILES string of the molecule is Cc1cc(C)cc(COc2ccccc2C(C=O)CC(N)C(Cl)N2CCCCC2)c1.Cl. The summed E-state index contributed by atoms with van der Waals surface area (Å²) in [5.74, 6) is 0.381. The van der Waals surface area contributed by atoms with Crippen LogP contribution in [0.25, 0.3) is 0 Å². The third-order valence-corrected chi connectivity index (χ3v) is 6.38. The lowest BCUT2D eigenvalue weighted by molar-refractivity contribution is -0.109. The maximum absolute atomic E-state index is 12.0. The van der Waals surface area contributed by atoms with Crippen molar-refractivity contribution in [3.8, 4) is 5.75 Å². The molecule has 0 amide bonds. The molecule has 0 spiro atoms. The normalized spacial score (nSPS) is 17.3. The zero-order chi connectivity index (χ0) is 21.5. The van der Waals surface area contributed by atoms with Crippen molar-refractivity contribution < 1.29 is 9.53 Å². The van der Waals surface area contributed by atoms with Gasteiger partial charge < -0.3 is 15.3 Å². The Bertz CT molecular complexity index is 820. The van der Waals surface area contributed by atoms with Crippen LogP contribution in [0.1, 0.15) is 53.9 Å². The molecule has 3 unspecified atom stereocenters. The maximum atomic E-state index is 12.0. The van der Waals surface area contributed by atoms with Crippen LogP contribution in [0.5, 0.6) is 5.75 Å². The molecule has 31 heavy (non-hydrogen) atoms. The molecule has 0 aliphatic carbocycles. The Morgan fingerprint density at radius 3 is 2.39 bits per heavy atom. The molecule has 0 aromatic heterocycles. The minimum Gasteiger partial charge on any atom is -0.489 e. The fourth-order valence-corrected chi connectivity index (χ4v) is 4.63. The zero-order valence-corrected chi connectivity index (χ0v) is 20.0. The van der Waals surface area contributed by atoms with E-state index in [2.05, 4.69) is 36.9 Å². The number of halogens is 2. The summed E-state index contributed by atoms with van der Waals surface area (Å²) in [6.07, 6.45) is 5.03. The standard InChI is InChI=1S/C25H33ClN2O2.ClH/c1-18-12-19(2)14-20(13-18)17-30-24-9-5-4-8-22(24)21(16-29)15-23(27)25(26)28-10-6-3-7-11-28;/h4-5,8-9,12-14,16,21,23,25H,3,6-7,10-11,15,17,27H2,1-2H3;1H. The van der Waals surface area contributed by atoms with Gasteiger partial charge in [0.15, 0.2) is 0 Å². The molecule has 2 N–H and O–H groups in total. The highest BCUT2D eigenvalue weighted by molar-refractivity contribution is 6.20. The Morgan fingerprint density at radius 2 is 1.74 bits per heavy atom. The van der Waals surface area contributed by atoms with Crippen LogP contribution in [0.4, 0.5) is 0 Å². The Labute approximate surface area is 197 Å². The maximum Gasteiger partial charge on any atom is 0.127 e. The van der Waals surface area contributed by atoms with Crippen molar-refractivity contribution in [2.45, 2.75) is 63.6 Å². The van der Waals surface area contributed by atoms with E-state index < -0.39 is 0 Å². The summed E-state index contributed by atoms with van der Waals surface area (Å²) in [5, 5.41) is 0. The minimum absolute atomic E-state index is 0. The summed E-state index contributed by atoms with van der Waals surface area (Å²) in [4.78, 5) is 14.2. The molecule has 3 rings (SSSR count). The Balaban J connectivity index is 0.00000341. The Kier molecular flexibility index (Phi) is 10.3. The number of ether oxygens (including phenoxy) is 1. The molecule has 1 aliphatic rings. The molecule has 0 bridgehead atoms. The zero-order valence-electron chi connectivity index (χ0n) is 18.4. The number of piperidine rings is 1. The fourth-order valence-electron chi connectivity index (χ4n) is 4.33. The molecule has 0 saturated carbocycles. The quantitative estimate of drug-likeness (QED) is 0.308. The first kappa shape index (κ1) is 25.7. The van der Waals surface area contributed by atoms with Crippen LogP contribution in [0.2, 0.25) is 0 Å². The highest BCUT2D eigenvalue weighted by Crippen LogP contribution is 2.31. The molecular weight excluding hydrogens is 431 g/mol. The average Bonchev–Trinajstić information content (AvgIpc) is 2.75. The van der Waals surface area contributed by atoms with Crippen molar-refractivity contribution in [2.24, 2.45) is 5.73 Å². The van der Waals surface area contributed by atoms with Crippen LogP contribution in [0.15, 0.2) is 42.5 Å². The second-order valence-electron chi connectivity index (χ2n) is 8.43. The molecule has 0 radical (unpaired) electrons. The molecule has 2 aromatic rings. The summed E-state index contributed by atoms with van der Waals surface area (Å²) in [6.45, 7) is 6.58. The summed E-state index contributed by atoms with van der Waals surface area (Å²) >= 11 is 6.66. The number of carbonyl (C=O) groups is 1. The molecule has 1 heterocycles. The van der Waals surface area contributed by atoms with Crippen molar-refractivity contribution in [1.82, 2.24) is 4.90 Å². The number of likely N-dealkylation sites (tertiary alicyclic amines) is 1. The van der Waals surface area contributed by atoms with Gasteiger partial charge >= 0.3 is 0 Å². The Morgan fingerprint density at radius 1 is 1.10 bits per heavy atom. The molecule has 1 aliphatic heterocycles. The molecular formula is C25H34Cl2N2O2. The molecule has 170 valence electrons. The summed E-state index contributed by atoms with van der Waals surface area (Å²) in [5.41, 5.74) is 10.6. The summed E-state index contributed by atoms with van der Waals surface area (Å²) in [7, 11) is 0. The summed E-state index contributed by atoms with van der Waals surface area (Å²) in [6, 6.07) is 13.8. The molecule has 1 fully saturated rings. The number of benzene rings is 2. The van der Waals surface area contributed by atoms with Crippen LogP contribution in [0, 0.1) is 13.8 Å². The predicted molar refractivity (Wildman–Crippen MR) is 130 cm³/mol. The fraction of sp³-hybridized carbons (Fsp3) is 0.480. The molecule has 1 saturated heterocycles. The number of hydrogen-bond acceptors (Lipinski definition) is 4. The van der Waals surface area contributed by atoms with E-state index in [1.807, 2.05) is 24.3 Å². The van der Waals surface area contributed by atoms with Gasteiger partial charge in [-0.05, 0) is 57.8 Å². The van der Waals surface area contributed by atoms with E-state index in [9.17, 15) is 4.79 Å². The van der Waals surface area contributed by atoms with Gasteiger partial charge in [-0.15, -0.1) is 24.0 Å². The van der Waals surface area contributed by atoms with E-state index in [-0.39, 0.29) is 29.9 Å². The number of aldehydes is 1. The van der Waals surface area contributed by atoms with E-state index in [1.165, 1.54) is 17.5 Å². The number of nitrogens with zero attached hydrogens (tertiary/aromatic N) is 1. The van der Waals surface area contributed by atoms with Crippen LogP contribution in [-0.2, 0) is 11.4 Å². The van der Waals surface area contributed by atoms with Gasteiger partial charge in [-0.25, -0.2) is 0 Å². The number of rotatable bonds is 9. The largest absolute Gasteiger partial charge is 0.489 e. The number of nitrogens with two attached hydrogens (primary N) is 1. The van der Waals surface area contributed by atoms with Crippen LogP contribution in [0.3, 0.4) is 0 Å². The second kappa shape index (κ2) is 12.4. The van der Waals surface area contributed by atoms with Gasteiger partial charge in [0.05, 0.1) is 0 Å². The lowest BCUT2D eigenvalue weighted by atomic mass is 9.92. The van der Waals surface area contributed by atoms with E-state index in [4.69, 9.17) is 22.1 Å². The van der Waals surface area contributed by atoms with Crippen molar-refractivity contribution in [1.29, 1.82) is 0 Å². The van der Waals surface area contributed by atoms with Gasteiger partial charge in [0.25, 0.3) is 0 Å². The number of para-hydroxylation sites is 1. The van der Waals surface area contributed by atoms with E-state index in [1.54, 1.807) is 0 Å². The number of hydrogen-bond donors (Lipinski definition) is 1. The van der Waals surface area contributed by atoms with Crippen molar-refractivity contribution >= 4 is 30.3 Å². The van der Waals surface area contributed by atoms with Crippen LogP contribution in [-0.4, -0.2) is 35.8 Å². The number of alkyl halides is 1. The van der Waals surface area contributed by atoms with E-state index >= 15 is 0 Å². The van der Waals surface area contributed by atoms with Crippen LogP contribution < -0.4 is 10.5 Å². The van der Waals surface area contributed by atoms with Gasteiger partial charge in [0, 0.05) is 17.5 Å². The third kappa shape index (κ3) is 7.21. The number of aryl methyl sites for hydroxylation is 2. The number of carbonyl (C=O) groups excluding carboxylic acids is 1. The highest BCUT2D eigenvalue weighted by atomic mass is 35.5. The third-order valence-electron chi connectivity index (χ3n) is 5.78. The van der Waals surface area contributed by atoms with E-state index in [0.717, 1.165) is 49.1 Å². The summed E-state index contributed by atoms with van der Waals surface area (Å²) < 4.78 is 6.13. The highest BCUT2D eigenvalue weighted by Gasteiger charge is 2.28. The van der Waals surface area contributed by atoms with Gasteiger partial charge in [-0.2, -0.15) is 0 Å². The van der Waals surface area contributed by atoms with Crippen LogP contribution >= 0.6 is 24.0 Å². The van der Waals surface area contributed by atoms with Gasteiger partial charge in [-0.3, -0.25) is 4.90 Å². The van der Waals surface area contributed by atoms with E-state index in [0.29, 0.717) is 13.0 Å². The first-order valence-electron chi connectivity index (χ1n) is 10.9. The van der Waals surface area contributed by atoms with Gasteiger partial charge in [0.2, 0.25) is 0 Å². The van der Waals surface area contributed by atoms with Crippen molar-refractivity contribution in [2.75, 3.05) is 13.1 Å². The topological polar surface area (TPSA) is 55.6 Å². The molecule has 2 aromatic carbocycles. The Hall–Kier alpha value is -1.59. The molecule has 6 heteroatoms. The molecule has 3 atom stereocenters. The second-order valence-corrected chi connectivity index (χ2v) is 8.88. The monoisotopic (exact) mass is 464 g/mol. The van der Waals surface area contributed by atoms with Crippen molar-refractivity contribution in [3.63, 3.8) is 0 Å².